The second-order valence-corrected chi connectivity index (χ2v) is 6.73. The Kier molecular flexibility index (Phi) is 5.93. The van der Waals surface area contributed by atoms with Crippen LogP contribution in [0.15, 0.2) is 36.5 Å². The molecular formula is C19H21ClN4O3. The summed E-state index contributed by atoms with van der Waals surface area (Å²) in [6.07, 6.45) is 1.66. The van der Waals surface area contributed by atoms with Crippen LogP contribution >= 0.6 is 11.6 Å². The topological polar surface area (TPSA) is 74.8 Å². The number of ether oxygens (including phenoxy) is 1. The number of halogens is 1. The number of hydrogen-bond acceptors (Lipinski definition) is 5. The fourth-order valence-corrected chi connectivity index (χ4v) is 2.97. The van der Waals surface area contributed by atoms with E-state index in [1.807, 2.05) is 4.90 Å². The maximum Gasteiger partial charge on any atom is 0.259 e. The lowest BCUT2D eigenvalue weighted by Gasteiger charge is -2.29. The van der Waals surface area contributed by atoms with Gasteiger partial charge in [0.2, 0.25) is 0 Å². The molecule has 142 valence electrons. The highest BCUT2D eigenvalue weighted by Crippen LogP contribution is 2.26. The molecule has 1 aromatic carbocycles. The number of carbonyl (C=O) groups excluding carboxylic acids is 2. The average molecular weight is 389 g/mol. The molecule has 0 atom stereocenters. The van der Waals surface area contributed by atoms with Crippen LogP contribution in [0.4, 0.5) is 11.5 Å². The summed E-state index contributed by atoms with van der Waals surface area (Å²) in [6.45, 7) is 2.53. The maximum atomic E-state index is 12.9. The first kappa shape index (κ1) is 19.1. The minimum absolute atomic E-state index is 0.169. The molecule has 1 aromatic heterocycles. The molecule has 27 heavy (non-hydrogen) atoms. The molecular weight excluding hydrogens is 368 g/mol. The van der Waals surface area contributed by atoms with Crippen LogP contribution in [0.25, 0.3) is 0 Å². The van der Waals surface area contributed by atoms with E-state index in [4.69, 9.17) is 16.3 Å². The molecule has 1 aliphatic heterocycles. The third kappa shape index (κ3) is 4.37. The van der Waals surface area contributed by atoms with E-state index in [1.54, 1.807) is 50.6 Å². The number of carbonyl (C=O) groups is 2. The zero-order valence-electron chi connectivity index (χ0n) is 15.2. The van der Waals surface area contributed by atoms with Gasteiger partial charge in [0.15, 0.2) is 0 Å². The van der Waals surface area contributed by atoms with Crippen LogP contribution in [0.3, 0.4) is 0 Å². The van der Waals surface area contributed by atoms with Crippen LogP contribution in [-0.4, -0.2) is 62.1 Å². The van der Waals surface area contributed by atoms with Gasteiger partial charge in [0.25, 0.3) is 11.8 Å². The molecule has 1 N–H and O–H groups in total. The number of morpholine rings is 1. The summed E-state index contributed by atoms with van der Waals surface area (Å²) in [5.41, 5.74) is 1.27. The van der Waals surface area contributed by atoms with E-state index < -0.39 is 0 Å². The fraction of sp³-hybridized carbons (Fsp3) is 0.316. The molecule has 0 saturated carbocycles. The first-order valence-electron chi connectivity index (χ1n) is 8.57. The minimum atomic E-state index is -0.332. The van der Waals surface area contributed by atoms with E-state index in [0.29, 0.717) is 54.0 Å². The summed E-state index contributed by atoms with van der Waals surface area (Å²) in [5, 5.41) is 3.16. The maximum absolute atomic E-state index is 12.9. The number of benzene rings is 1. The lowest BCUT2D eigenvalue weighted by Crippen LogP contribution is -2.38. The summed E-state index contributed by atoms with van der Waals surface area (Å²) in [7, 11) is 3.33. The third-order valence-corrected chi connectivity index (χ3v) is 4.54. The fourth-order valence-electron chi connectivity index (χ4n) is 2.80. The summed E-state index contributed by atoms with van der Waals surface area (Å²) in [5.74, 6) is 0.105. The molecule has 7 nitrogen and oxygen atoms in total. The normalized spacial score (nSPS) is 14.0. The number of amides is 2. The van der Waals surface area contributed by atoms with E-state index in [0.717, 1.165) is 0 Å². The van der Waals surface area contributed by atoms with E-state index in [2.05, 4.69) is 10.3 Å². The number of nitrogens with zero attached hydrogens (tertiary/aromatic N) is 3. The smallest absolute Gasteiger partial charge is 0.259 e. The number of rotatable bonds is 4. The Labute approximate surface area is 162 Å². The molecule has 1 aliphatic rings. The van der Waals surface area contributed by atoms with E-state index in [9.17, 15) is 9.59 Å². The predicted molar refractivity (Wildman–Crippen MR) is 105 cm³/mol. The molecule has 0 unspecified atom stereocenters. The lowest BCUT2D eigenvalue weighted by molar-refractivity contribution is 0.0827. The van der Waals surface area contributed by atoms with Gasteiger partial charge in [-0.1, -0.05) is 11.6 Å². The standard InChI is InChI=1S/C19H21ClN4O3/c1-23(2)19(26)13-5-6-15(20)16(12-13)22-18(25)14-4-3-7-21-17(14)24-8-10-27-11-9-24/h3-7,12H,8-11H2,1-2H3,(H,22,25). The van der Waals surface area contributed by atoms with Crippen molar-refractivity contribution in [2.24, 2.45) is 0 Å². The summed E-state index contributed by atoms with van der Waals surface area (Å²) < 4.78 is 5.36. The van der Waals surface area contributed by atoms with Gasteiger partial charge in [0.1, 0.15) is 5.82 Å². The Morgan fingerprint density at radius 2 is 1.96 bits per heavy atom. The summed E-state index contributed by atoms with van der Waals surface area (Å²) in [4.78, 5) is 32.9. The molecule has 1 saturated heterocycles. The first-order chi connectivity index (χ1) is 13.0. The zero-order valence-corrected chi connectivity index (χ0v) is 16.0. The Morgan fingerprint density at radius 3 is 2.67 bits per heavy atom. The van der Waals surface area contributed by atoms with Gasteiger partial charge in [-0.25, -0.2) is 4.98 Å². The SMILES string of the molecule is CN(C)C(=O)c1ccc(Cl)c(NC(=O)c2cccnc2N2CCOCC2)c1. The van der Waals surface area contributed by atoms with Crippen LogP contribution < -0.4 is 10.2 Å². The van der Waals surface area contributed by atoms with Gasteiger partial charge in [-0.15, -0.1) is 0 Å². The molecule has 0 aliphatic carbocycles. The molecule has 8 heteroatoms. The Morgan fingerprint density at radius 1 is 1.22 bits per heavy atom. The highest BCUT2D eigenvalue weighted by molar-refractivity contribution is 6.34. The highest BCUT2D eigenvalue weighted by atomic mass is 35.5. The summed E-state index contributed by atoms with van der Waals surface area (Å²) in [6, 6.07) is 8.24. The molecule has 0 radical (unpaired) electrons. The minimum Gasteiger partial charge on any atom is -0.378 e. The first-order valence-corrected chi connectivity index (χ1v) is 8.95. The van der Waals surface area contributed by atoms with Crippen LogP contribution in [0, 0.1) is 0 Å². The number of aromatic nitrogens is 1. The van der Waals surface area contributed by atoms with Crippen molar-refractivity contribution in [1.29, 1.82) is 0 Å². The second kappa shape index (κ2) is 8.37. The monoisotopic (exact) mass is 388 g/mol. The largest absolute Gasteiger partial charge is 0.378 e. The molecule has 1 fully saturated rings. The van der Waals surface area contributed by atoms with Crippen LogP contribution in [0.5, 0.6) is 0 Å². The van der Waals surface area contributed by atoms with Crippen LogP contribution in [0.1, 0.15) is 20.7 Å². The predicted octanol–water partition coefficient (Wildman–Crippen LogP) is 2.53. The third-order valence-electron chi connectivity index (χ3n) is 4.21. The van der Waals surface area contributed by atoms with Crippen LogP contribution in [0.2, 0.25) is 5.02 Å². The molecule has 2 amide bonds. The summed E-state index contributed by atoms with van der Waals surface area (Å²) >= 11 is 6.22. The number of pyridine rings is 1. The Bertz CT molecular complexity index is 851. The number of hydrogen-bond donors (Lipinski definition) is 1. The van der Waals surface area contributed by atoms with E-state index in [1.165, 1.54) is 4.90 Å². The van der Waals surface area contributed by atoms with Crippen molar-refractivity contribution in [3.05, 3.63) is 52.7 Å². The van der Waals surface area contributed by atoms with Crippen molar-refractivity contribution >= 4 is 34.9 Å². The lowest BCUT2D eigenvalue weighted by atomic mass is 10.1. The van der Waals surface area contributed by atoms with Crippen molar-refractivity contribution in [3.63, 3.8) is 0 Å². The van der Waals surface area contributed by atoms with Gasteiger partial charge in [-0.2, -0.15) is 0 Å². The Hall–Kier alpha value is -2.64. The van der Waals surface area contributed by atoms with Gasteiger partial charge in [0.05, 0.1) is 29.5 Å². The Balaban J connectivity index is 1.86. The molecule has 3 rings (SSSR count). The molecule has 0 bridgehead atoms. The van der Waals surface area contributed by atoms with Crippen molar-refractivity contribution in [1.82, 2.24) is 9.88 Å². The van der Waals surface area contributed by atoms with Crippen molar-refractivity contribution in [3.8, 4) is 0 Å². The van der Waals surface area contributed by atoms with Crippen molar-refractivity contribution in [2.75, 3.05) is 50.6 Å². The second-order valence-electron chi connectivity index (χ2n) is 6.32. The van der Waals surface area contributed by atoms with Gasteiger partial charge >= 0.3 is 0 Å². The van der Waals surface area contributed by atoms with Gasteiger partial charge in [-0.05, 0) is 30.3 Å². The molecule has 2 heterocycles. The number of anilines is 2. The quantitative estimate of drug-likeness (QED) is 0.871. The van der Waals surface area contributed by atoms with Crippen LogP contribution in [-0.2, 0) is 4.74 Å². The van der Waals surface area contributed by atoms with E-state index >= 15 is 0 Å². The molecule has 2 aromatic rings. The zero-order chi connectivity index (χ0) is 19.4. The average Bonchev–Trinajstić information content (AvgIpc) is 2.69. The van der Waals surface area contributed by atoms with Crippen molar-refractivity contribution < 1.29 is 14.3 Å². The van der Waals surface area contributed by atoms with Crippen molar-refractivity contribution in [2.45, 2.75) is 0 Å². The van der Waals surface area contributed by atoms with E-state index in [-0.39, 0.29) is 11.8 Å². The molecule has 0 spiro atoms. The highest BCUT2D eigenvalue weighted by Gasteiger charge is 2.21. The number of nitrogens with one attached hydrogen (secondary N) is 1. The van der Waals surface area contributed by atoms with Gasteiger partial charge in [-0.3, -0.25) is 9.59 Å². The van der Waals surface area contributed by atoms with Gasteiger partial charge in [0, 0.05) is 38.9 Å². The van der Waals surface area contributed by atoms with Gasteiger partial charge < -0.3 is 19.9 Å².